The average Bonchev–Trinajstić information content (AvgIpc) is 2.63. The number of aromatic nitrogens is 1. The Balaban J connectivity index is 2.31. The molecule has 1 aromatic carbocycles. The van der Waals surface area contributed by atoms with Crippen molar-refractivity contribution in [1.29, 1.82) is 0 Å². The van der Waals surface area contributed by atoms with E-state index in [4.69, 9.17) is 0 Å². The highest BCUT2D eigenvalue weighted by molar-refractivity contribution is 9.10. The quantitative estimate of drug-likeness (QED) is 0.939. The zero-order chi connectivity index (χ0) is 12.5. The van der Waals surface area contributed by atoms with Crippen LogP contribution in [0.25, 0.3) is 0 Å². The molecule has 0 aliphatic carbocycles. The number of nitrogens with zero attached hydrogens (tertiary/aromatic N) is 1. The van der Waals surface area contributed by atoms with E-state index in [1.165, 1.54) is 17.4 Å². The zero-order valence-electron chi connectivity index (χ0n) is 8.84. The summed E-state index contributed by atoms with van der Waals surface area (Å²) < 4.78 is 27.2. The van der Waals surface area contributed by atoms with Crippen molar-refractivity contribution >= 4 is 42.4 Å². The molecular weight excluding hydrogens is 324 g/mol. The summed E-state index contributed by atoms with van der Waals surface area (Å²) in [7, 11) is -3.55. The van der Waals surface area contributed by atoms with E-state index in [9.17, 15) is 8.42 Å². The molecule has 0 aliphatic rings. The highest BCUT2D eigenvalue weighted by Gasteiger charge is 2.15. The first-order chi connectivity index (χ1) is 7.97. The highest BCUT2D eigenvalue weighted by Crippen LogP contribution is 2.22. The Kier molecular flexibility index (Phi) is 3.50. The topological polar surface area (TPSA) is 59.1 Å². The Labute approximate surface area is 112 Å². The number of hydrogen-bond donors (Lipinski definition) is 1. The molecule has 2 aromatic rings. The van der Waals surface area contributed by atoms with Crippen LogP contribution in [0.3, 0.4) is 0 Å². The molecule has 0 fully saturated rings. The maximum Gasteiger partial charge on any atom is 0.263 e. The lowest BCUT2D eigenvalue weighted by molar-refractivity contribution is 0.601. The fourth-order valence-corrected chi connectivity index (χ4v) is 3.71. The Morgan fingerprint density at radius 3 is 2.76 bits per heavy atom. The smallest absolute Gasteiger partial charge is 0.255 e. The van der Waals surface area contributed by atoms with Gasteiger partial charge in [0.05, 0.1) is 4.90 Å². The maximum absolute atomic E-state index is 12.0. The number of benzene rings is 1. The predicted molar refractivity (Wildman–Crippen MR) is 71.8 cm³/mol. The third kappa shape index (κ3) is 3.05. The molecular formula is C10H9BrN2O2S2. The van der Waals surface area contributed by atoms with Gasteiger partial charge < -0.3 is 0 Å². The van der Waals surface area contributed by atoms with Gasteiger partial charge in [-0.2, -0.15) is 0 Å². The van der Waals surface area contributed by atoms with Gasteiger partial charge in [0.25, 0.3) is 10.0 Å². The summed E-state index contributed by atoms with van der Waals surface area (Å²) in [5.41, 5.74) is 0. The van der Waals surface area contributed by atoms with Crippen LogP contribution in [0.4, 0.5) is 5.13 Å². The molecule has 1 aromatic heterocycles. The van der Waals surface area contributed by atoms with Crippen molar-refractivity contribution in [3.05, 3.63) is 39.8 Å². The molecule has 0 bridgehead atoms. The number of thiazole rings is 1. The normalized spacial score (nSPS) is 11.4. The summed E-state index contributed by atoms with van der Waals surface area (Å²) in [6, 6.07) is 6.52. The van der Waals surface area contributed by atoms with E-state index in [-0.39, 0.29) is 4.90 Å². The SMILES string of the molecule is Cc1cnc(NS(=O)(=O)c2cccc(Br)c2)s1. The number of nitrogens with one attached hydrogen (secondary N) is 1. The van der Waals surface area contributed by atoms with Crippen LogP contribution >= 0.6 is 27.3 Å². The van der Waals surface area contributed by atoms with E-state index >= 15 is 0 Å². The molecule has 90 valence electrons. The van der Waals surface area contributed by atoms with E-state index in [1.807, 2.05) is 6.92 Å². The van der Waals surface area contributed by atoms with Crippen LogP contribution in [0, 0.1) is 6.92 Å². The van der Waals surface area contributed by atoms with Crippen LogP contribution < -0.4 is 4.72 Å². The standard InChI is InChI=1S/C10H9BrN2O2S2/c1-7-6-12-10(16-7)13-17(14,15)9-4-2-3-8(11)5-9/h2-6H,1H3,(H,12,13). The lowest BCUT2D eigenvalue weighted by atomic mass is 10.4. The second-order valence-electron chi connectivity index (χ2n) is 3.34. The summed E-state index contributed by atoms with van der Waals surface area (Å²) in [6.45, 7) is 1.87. The van der Waals surface area contributed by atoms with Gasteiger partial charge in [-0.15, -0.1) is 11.3 Å². The van der Waals surface area contributed by atoms with E-state index in [1.54, 1.807) is 24.4 Å². The molecule has 0 saturated carbocycles. The molecule has 0 saturated heterocycles. The second kappa shape index (κ2) is 4.75. The van der Waals surface area contributed by atoms with Crippen molar-refractivity contribution in [3.63, 3.8) is 0 Å². The summed E-state index contributed by atoms with van der Waals surface area (Å²) in [5.74, 6) is 0. The molecule has 17 heavy (non-hydrogen) atoms. The maximum atomic E-state index is 12.0. The van der Waals surface area contributed by atoms with Crippen molar-refractivity contribution in [2.24, 2.45) is 0 Å². The highest BCUT2D eigenvalue weighted by atomic mass is 79.9. The Bertz CT molecular complexity index is 637. The molecule has 0 aliphatic heterocycles. The van der Waals surface area contributed by atoms with E-state index in [0.29, 0.717) is 5.13 Å². The molecule has 1 N–H and O–H groups in total. The van der Waals surface area contributed by atoms with Gasteiger partial charge in [0.15, 0.2) is 5.13 Å². The third-order valence-electron chi connectivity index (χ3n) is 1.95. The first kappa shape index (κ1) is 12.5. The third-order valence-corrected chi connectivity index (χ3v) is 4.74. The van der Waals surface area contributed by atoms with Crippen LogP contribution in [0.5, 0.6) is 0 Å². The second-order valence-corrected chi connectivity index (χ2v) is 7.17. The minimum absolute atomic E-state index is 0.208. The number of anilines is 1. The first-order valence-electron chi connectivity index (χ1n) is 4.68. The largest absolute Gasteiger partial charge is 0.263 e. The van der Waals surface area contributed by atoms with E-state index < -0.39 is 10.0 Å². The summed E-state index contributed by atoms with van der Waals surface area (Å²) in [6.07, 6.45) is 1.63. The van der Waals surface area contributed by atoms with Crippen LogP contribution in [-0.4, -0.2) is 13.4 Å². The average molecular weight is 333 g/mol. The van der Waals surface area contributed by atoms with Crippen molar-refractivity contribution in [1.82, 2.24) is 4.98 Å². The van der Waals surface area contributed by atoms with Gasteiger partial charge in [0.2, 0.25) is 0 Å². The summed E-state index contributed by atoms with van der Waals surface area (Å²) in [5, 5.41) is 0.377. The minimum Gasteiger partial charge on any atom is -0.255 e. The number of aryl methyl sites for hydroxylation is 1. The van der Waals surface area contributed by atoms with Gasteiger partial charge >= 0.3 is 0 Å². The lowest BCUT2D eigenvalue weighted by Gasteiger charge is -2.04. The van der Waals surface area contributed by atoms with Crippen LogP contribution in [0.2, 0.25) is 0 Å². The number of hydrogen-bond acceptors (Lipinski definition) is 4. The number of halogens is 1. The molecule has 7 heteroatoms. The molecule has 1 heterocycles. The predicted octanol–water partition coefficient (Wildman–Crippen LogP) is 3.01. The monoisotopic (exact) mass is 332 g/mol. The minimum atomic E-state index is -3.55. The molecule has 2 rings (SSSR count). The first-order valence-corrected chi connectivity index (χ1v) is 7.77. The van der Waals surface area contributed by atoms with Crippen molar-refractivity contribution < 1.29 is 8.42 Å². The van der Waals surface area contributed by atoms with Crippen molar-refractivity contribution in [3.8, 4) is 0 Å². The van der Waals surface area contributed by atoms with Gasteiger partial charge in [-0.25, -0.2) is 13.4 Å². The Morgan fingerprint density at radius 1 is 1.41 bits per heavy atom. The zero-order valence-corrected chi connectivity index (χ0v) is 12.1. The number of rotatable bonds is 3. The fourth-order valence-electron chi connectivity index (χ4n) is 1.21. The summed E-state index contributed by atoms with van der Waals surface area (Å²) in [4.78, 5) is 5.13. The van der Waals surface area contributed by atoms with Gasteiger partial charge in [0.1, 0.15) is 0 Å². The van der Waals surface area contributed by atoms with Gasteiger partial charge in [-0.05, 0) is 25.1 Å². The van der Waals surface area contributed by atoms with E-state index in [0.717, 1.165) is 9.35 Å². The van der Waals surface area contributed by atoms with Crippen molar-refractivity contribution in [2.75, 3.05) is 4.72 Å². The van der Waals surface area contributed by atoms with Crippen molar-refractivity contribution in [2.45, 2.75) is 11.8 Å². The number of sulfonamides is 1. The molecule has 0 atom stereocenters. The van der Waals surface area contributed by atoms with E-state index in [2.05, 4.69) is 25.6 Å². The van der Waals surface area contributed by atoms with Crippen LogP contribution in [0.1, 0.15) is 4.88 Å². The van der Waals surface area contributed by atoms with Gasteiger partial charge in [-0.3, -0.25) is 4.72 Å². The Hall–Kier alpha value is -0.920. The molecule has 0 radical (unpaired) electrons. The lowest BCUT2D eigenvalue weighted by Crippen LogP contribution is -2.12. The fraction of sp³-hybridized carbons (Fsp3) is 0.100. The van der Waals surface area contributed by atoms with Gasteiger partial charge in [0, 0.05) is 15.5 Å². The van der Waals surface area contributed by atoms with Gasteiger partial charge in [-0.1, -0.05) is 22.0 Å². The molecule has 0 spiro atoms. The van der Waals surface area contributed by atoms with Crippen LogP contribution in [-0.2, 0) is 10.0 Å². The summed E-state index contributed by atoms with van der Waals surface area (Å²) >= 11 is 4.54. The molecule has 0 amide bonds. The molecule has 0 unspecified atom stereocenters. The Morgan fingerprint density at radius 2 is 2.18 bits per heavy atom. The molecule has 4 nitrogen and oxygen atoms in total. The van der Waals surface area contributed by atoms with Crippen LogP contribution in [0.15, 0.2) is 39.8 Å².